The summed E-state index contributed by atoms with van der Waals surface area (Å²) in [4.78, 5) is 14.9. The van der Waals surface area contributed by atoms with Gasteiger partial charge < -0.3 is 4.90 Å². The van der Waals surface area contributed by atoms with E-state index in [-0.39, 0.29) is 5.91 Å². The topological polar surface area (TPSA) is 57.7 Å². The molecule has 0 saturated carbocycles. The van der Waals surface area contributed by atoms with Gasteiger partial charge in [0.1, 0.15) is 6.04 Å². The molecule has 1 aliphatic heterocycles. The van der Waals surface area contributed by atoms with E-state index in [0.717, 1.165) is 29.4 Å². The van der Waals surface area contributed by atoms with Crippen LogP contribution >= 0.6 is 0 Å². The van der Waals surface area contributed by atoms with Crippen molar-refractivity contribution < 1.29 is 13.2 Å². The number of hydrogen-bond acceptors (Lipinski definition) is 3. The maximum atomic E-state index is 13.2. The smallest absolute Gasteiger partial charge is 0.246 e. The van der Waals surface area contributed by atoms with Gasteiger partial charge in [-0.1, -0.05) is 36.4 Å². The van der Waals surface area contributed by atoms with Crippen LogP contribution in [-0.2, 0) is 27.8 Å². The summed E-state index contributed by atoms with van der Waals surface area (Å²) < 4.78 is 26.4. The minimum atomic E-state index is -3.61. The molecule has 0 spiro atoms. The van der Waals surface area contributed by atoms with Gasteiger partial charge in [-0.05, 0) is 55.5 Å². The van der Waals surface area contributed by atoms with E-state index >= 15 is 0 Å². The number of sulfonamides is 1. The Hall–Kier alpha value is -2.34. The van der Waals surface area contributed by atoms with Gasteiger partial charge in [-0.2, -0.15) is 0 Å². The van der Waals surface area contributed by atoms with Crippen molar-refractivity contribution in [2.75, 3.05) is 17.1 Å². The van der Waals surface area contributed by atoms with Crippen molar-refractivity contribution in [1.82, 2.24) is 4.90 Å². The lowest BCUT2D eigenvalue weighted by Gasteiger charge is -2.35. The Kier molecular flexibility index (Phi) is 5.29. The van der Waals surface area contributed by atoms with Crippen LogP contribution in [0.5, 0.6) is 0 Å². The molecule has 0 aromatic heterocycles. The van der Waals surface area contributed by atoms with Gasteiger partial charge in [0, 0.05) is 13.1 Å². The maximum Gasteiger partial charge on any atom is 0.246 e. The van der Waals surface area contributed by atoms with Crippen molar-refractivity contribution in [3.05, 3.63) is 64.7 Å². The number of amides is 1. The number of rotatable bonds is 4. The number of carbonyl (C=O) groups is 1. The summed E-state index contributed by atoms with van der Waals surface area (Å²) in [5.41, 5.74) is 4.73. The predicted molar refractivity (Wildman–Crippen MR) is 108 cm³/mol. The highest BCUT2D eigenvalue weighted by molar-refractivity contribution is 7.92. The lowest BCUT2D eigenvalue weighted by molar-refractivity contribution is -0.132. The molecule has 0 fully saturated rings. The predicted octanol–water partition coefficient (Wildman–Crippen LogP) is 3.04. The van der Waals surface area contributed by atoms with Gasteiger partial charge in [0.15, 0.2) is 0 Å². The molecule has 1 heterocycles. The first-order valence-electron chi connectivity index (χ1n) is 9.10. The third kappa shape index (κ3) is 4.00. The van der Waals surface area contributed by atoms with Gasteiger partial charge in [-0.25, -0.2) is 8.42 Å². The molecular weight excluding hydrogens is 360 g/mol. The average molecular weight is 387 g/mol. The van der Waals surface area contributed by atoms with Crippen LogP contribution in [0.1, 0.15) is 29.2 Å². The first-order valence-corrected chi connectivity index (χ1v) is 11.0. The number of benzene rings is 2. The molecule has 144 valence electrons. The third-order valence-corrected chi connectivity index (χ3v) is 6.34. The molecule has 0 radical (unpaired) electrons. The number of fused-ring (bicyclic) bond motifs is 1. The average Bonchev–Trinajstić information content (AvgIpc) is 2.62. The summed E-state index contributed by atoms with van der Waals surface area (Å²) in [6.45, 7) is 6.57. The van der Waals surface area contributed by atoms with Gasteiger partial charge in [0.25, 0.3) is 0 Å². The maximum absolute atomic E-state index is 13.2. The molecular formula is C21H26N2O3S. The molecule has 3 rings (SSSR count). The van der Waals surface area contributed by atoms with Crippen molar-refractivity contribution >= 4 is 21.6 Å². The van der Waals surface area contributed by atoms with E-state index in [1.807, 2.05) is 50.2 Å². The summed E-state index contributed by atoms with van der Waals surface area (Å²) in [5, 5.41) is 0. The minimum absolute atomic E-state index is 0.171. The van der Waals surface area contributed by atoms with E-state index in [1.54, 1.807) is 11.8 Å². The van der Waals surface area contributed by atoms with Gasteiger partial charge in [0.2, 0.25) is 15.9 Å². The summed E-state index contributed by atoms with van der Waals surface area (Å²) in [7, 11) is -3.61. The minimum Gasteiger partial charge on any atom is -0.336 e. The molecule has 6 heteroatoms. The quantitative estimate of drug-likeness (QED) is 0.812. The van der Waals surface area contributed by atoms with Gasteiger partial charge in [0.05, 0.1) is 11.9 Å². The van der Waals surface area contributed by atoms with Crippen molar-refractivity contribution in [2.45, 2.75) is 39.8 Å². The number of anilines is 1. The van der Waals surface area contributed by atoms with E-state index in [0.29, 0.717) is 18.8 Å². The monoisotopic (exact) mass is 386 g/mol. The Labute approximate surface area is 161 Å². The summed E-state index contributed by atoms with van der Waals surface area (Å²) >= 11 is 0. The van der Waals surface area contributed by atoms with Gasteiger partial charge in [-0.15, -0.1) is 0 Å². The molecule has 1 amide bonds. The Balaban J connectivity index is 1.92. The number of hydrogen-bond donors (Lipinski definition) is 0. The molecule has 2 aromatic carbocycles. The van der Waals surface area contributed by atoms with Crippen molar-refractivity contribution in [2.24, 2.45) is 0 Å². The summed E-state index contributed by atoms with van der Waals surface area (Å²) in [6, 6.07) is 12.9. The lowest BCUT2D eigenvalue weighted by atomic mass is 9.99. The highest BCUT2D eigenvalue weighted by Gasteiger charge is 2.34. The Morgan fingerprint density at radius 1 is 1.11 bits per heavy atom. The standard InChI is InChI=1S/C21H26N2O3S/c1-15-9-10-16(2)20(13-15)23(27(4,25)26)17(3)21(24)22-12-11-18-7-5-6-8-19(18)14-22/h5-10,13,17H,11-12,14H2,1-4H3. The molecule has 0 bridgehead atoms. The Morgan fingerprint density at radius 3 is 2.44 bits per heavy atom. The Morgan fingerprint density at radius 2 is 1.78 bits per heavy atom. The second kappa shape index (κ2) is 7.35. The number of nitrogens with zero attached hydrogens (tertiary/aromatic N) is 2. The molecule has 1 aliphatic rings. The van der Waals surface area contributed by atoms with Gasteiger partial charge >= 0.3 is 0 Å². The van der Waals surface area contributed by atoms with Crippen LogP contribution in [0.4, 0.5) is 5.69 Å². The largest absolute Gasteiger partial charge is 0.336 e. The molecule has 2 aromatic rings. The number of carbonyl (C=O) groups excluding carboxylic acids is 1. The molecule has 27 heavy (non-hydrogen) atoms. The fourth-order valence-corrected chi connectivity index (χ4v) is 4.90. The van der Waals surface area contributed by atoms with Crippen molar-refractivity contribution in [3.63, 3.8) is 0 Å². The zero-order chi connectivity index (χ0) is 19.8. The molecule has 5 nitrogen and oxygen atoms in total. The Bertz CT molecular complexity index is 969. The fraction of sp³-hybridized carbons (Fsp3) is 0.381. The van der Waals surface area contributed by atoms with E-state index in [1.165, 1.54) is 9.87 Å². The highest BCUT2D eigenvalue weighted by atomic mass is 32.2. The van der Waals surface area contributed by atoms with Crippen LogP contribution < -0.4 is 4.31 Å². The zero-order valence-corrected chi connectivity index (χ0v) is 17.1. The van der Waals surface area contributed by atoms with Crippen LogP contribution in [0.2, 0.25) is 0 Å². The van der Waals surface area contributed by atoms with Crippen molar-refractivity contribution in [1.29, 1.82) is 0 Å². The third-order valence-electron chi connectivity index (χ3n) is 5.11. The highest BCUT2D eigenvalue weighted by Crippen LogP contribution is 2.28. The second-order valence-electron chi connectivity index (χ2n) is 7.30. The van der Waals surface area contributed by atoms with Gasteiger partial charge in [-0.3, -0.25) is 9.10 Å². The second-order valence-corrected chi connectivity index (χ2v) is 9.16. The first kappa shape index (κ1) is 19.4. The van der Waals surface area contributed by atoms with Crippen LogP contribution in [0.15, 0.2) is 42.5 Å². The molecule has 1 atom stereocenters. The molecule has 0 aliphatic carbocycles. The van der Waals surface area contributed by atoms with Crippen LogP contribution in [-0.4, -0.2) is 38.1 Å². The SMILES string of the molecule is Cc1ccc(C)c(N(C(C)C(=O)N2CCc3ccccc3C2)S(C)(=O)=O)c1. The molecule has 1 unspecified atom stereocenters. The zero-order valence-electron chi connectivity index (χ0n) is 16.3. The molecule has 0 N–H and O–H groups in total. The van der Waals surface area contributed by atoms with E-state index < -0.39 is 16.1 Å². The summed E-state index contributed by atoms with van der Waals surface area (Å²) in [6.07, 6.45) is 1.95. The van der Waals surface area contributed by atoms with E-state index in [4.69, 9.17) is 0 Å². The van der Waals surface area contributed by atoms with E-state index in [9.17, 15) is 13.2 Å². The normalized spacial score (nSPS) is 15.2. The number of aryl methyl sites for hydroxylation is 2. The lowest BCUT2D eigenvalue weighted by Crippen LogP contribution is -2.50. The van der Waals surface area contributed by atoms with Crippen LogP contribution in [0, 0.1) is 13.8 Å². The van der Waals surface area contributed by atoms with Crippen LogP contribution in [0.25, 0.3) is 0 Å². The van der Waals surface area contributed by atoms with Crippen molar-refractivity contribution in [3.8, 4) is 0 Å². The van der Waals surface area contributed by atoms with E-state index in [2.05, 4.69) is 6.07 Å². The van der Waals surface area contributed by atoms with Crippen LogP contribution in [0.3, 0.4) is 0 Å². The summed E-state index contributed by atoms with van der Waals surface area (Å²) in [5.74, 6) is -0.171. The molecule has 0 saturated heterocycles. The first-order chi connectivity index (χ1) is 12.7. The fourth-order valence-electron chi connectivity index (χ4n) is 3.68.